The van der Waals surface area contributed by atoms with Crippen molar-refractivity contribution in [3.8, 4) is 17.1 Å². The number of hydrogen-bond donors (Lipinski definition) is 1. The van der Waals surface area contributed by atoms with E-state index in [4.69, 9.17) is 9.26 Å². The Labute approximate surface area is 216 Å². The van der Waals surface area contributed by atoms with Crippen LogP contribution in [0.15, 0.2) is 81.7 Å². The lowest BCUT2D eigenvalue weighted by atomic mass is 10.1. The monoisotopic (exact) mass is 516 g/mol. The van der Waals surface area contributed by atoms with E-state index in [0.29, 0.717) is 17.5 Å². The van der Waals surface area contributed by atoms with Gasteiger partial charge in [-0.1, -0.05) is 84.1 Å². The molecule has 0 saturated carbocycles. The van der Waals surface area contributed by atoms with Crippen LogP contribution in [0.5, 0.6) is 5.75 Å². The number of fused-ring (bicyclic) bond motifs is 1. The number of carbonyl (C=O) groups excluding carboxylic acids is 1. The number of benzene rings is 3. The molecule has 2 heterocycles. The van der Waals surface area contributed by atoms with Gasteiger partial charge in [0.1, 0.15) is 5.75 Å². The maximum atomic E-state index is 12.7. The lowest BCUT2D eigenvalue weighted by Gasteiger charge is -2.05. The average Bonchev–Trinajstić information content (AvgIpc) is 3.58. The molecule has 0 bridgehead atoms. The zero-order valence-electron chi connectivity index (χ0n) is 19.6. The molecule has 0 atom stereocenters. The first kappa shape index (κ1) is 24.0. The normalized spacial score (nSPS) is 11.0. The van der Waals surface area contributed by atoms with Crippen molar-refractivity contribution in [2.24, 2.45) is 0 Å². The Balaban J connectivity index is 1.18. The van der Waals surface area contributed by atoms with Crippen LogP contribution in [0.25, 0.3) is 22.1 Å². The Morgan fingerprint density at radius 1 is 1.06 bits per heavy atom. The van der Waals surface area contributed by atoms with Crippen molar-refractivity contribution in [3.05, 3.63) is 84.1 Å². The third-order valence-corrected chi connectivity index (χ3v) is 7.53. The van der Waals surface area contributed by atoms with Gasteiger partial charge in [0.15, 0.2) is 15.8 Å². The predicted octanol–water partition coefficient (Wildman–Crippen LogP) is 7.07. The Hall–Kier alpha value is -3.69. The largest absolute Gasteiger partial charge is 0.494 e. The summed E-state index contributed by atoms with van der Waals surface area (Å²) in [5.41, 5.74) is 2.22. The molecule has 0 aliphatic heterocycles. The van der Waals surface area contributed by atoms with E-state index in [-0.39, 0.29) is 5.69 Å². The Morgan fingerprint density at radius 3 is 2.75 bits per heavy atom. The van der Waals surface area contributed by atoms with Gasteiger partial charge in [-0.05, 0) is 47.0 Å². The Bertz CT molecular complexity index is 1460. The highest BCUT2D eigenvalue weighted by Crippen LogP contribution is 2.31. The van der Waals surface area contributed by atoms with Crippen molar-refractivity contribution < 1.29 is 14.1 Å². The maximum absolute atomic E-state index is 12.7. The summed E-state index contributed by atoms with van der Waals surface area (Å²) >= 11 is 2.92. The zero-order chi connectivity index (χ0) is 24.7. The first-order valence-corrected chi connectivity index (χ1v) is 13.4. The second-order valence-corrected chi connectivity index (χ2v) is 10.3. The van der Waals surface area contributed by atoms with Gasteiger partial charge in [0.25, 0.3) is 5.91 Å². The van der Waals surface area contributed by atoms with Gasteiger partial charge < -0.3 is 9.26 Å². The fourth-order valence-corrected chi connectivity index (χ4v) is 5.36. The molecule has 182 valence electrons. The number of hydrogen-bond acceptors (Lipinski definition) is 8. The molecule has 5 aromatic rings. The SMILES string of the molecule is CCCCOc1ccc(-c2cc(C(=O)Nc3nnc(SCc4cccc5ccccc45)s3)no2)cc1. The van der Waals surface area contributed by atoms with Gasteiger partial charge in [-0.3, -0.25) is 10.1 Å². The molecule has 1 N–H and O–H groups in total. The van der Waals surface area contributed by atoms with Crippen molar-refractivity contribution in [3.63, 3.8) is 0 Å². The highest BCUT2D eigenvalue weighted by Gasteiger charge is 2.16. The number of thioether (sulfide) groups is 1. The summed E-state index contributed by atoms with van der Waals surface area (Å²) in [7, 11) is 0. The zero-order valence-corrected chi connectivity index (χ0v) is 21.3. The van der Waals surface area contributed by atoms with E-state index in [1.54, 1.807) is 17.8 Å². The lowest BCUT2D eigenvalue weighted by molar-refractivity contribution is 0.101. The minimum absolute atomic E-state index is 0.174. The number of anilines is 1. The predicted molar refractivity (Wildman–Crippen MR) is 144 cm³/mol. The standard InChI is InChI=1S/C27H24N4O3S2/c1-2-3-15-33-21-13-11-19(12-14-21)24-16-23(31-34-24)25(32)28-26-29-30-27(36-26)35-17-20-9-6-8-18-7-4-5-10-22(18)20/h4-14,16H,2-3,15,17H2,1H3,(H,28,29,32). The third kappa shape index (κ3) is 5.75. The maximum Gasteiger partial charge on any atom is 0.279 e. The van der Waals surface area contributed by atoms with Gasteiger partial charge in [0.2, 0.25) is 5.13 Å². The van der Waals surface area contributed by atoms with Crippen LogP contribution in [0, 0.1) is 0 Å². The van der Waals surface area contributed by atoms with E-state index in [1.807, 2.05) is 36.4 Å². The van der Waals surface area contributed by atoms with E-state index >= 15 is 0 Å². The van der Waals surface area contributed by atoms with E-state index in [1.165, 1.54) is 27.7 Å². The molecule has 0 unspecified atom stereocenters. The van der Waals surface area contributed by atoms with Crippen LogP contribution in [0.4, 0.5) is 5.13 Å². The smallest absolute Gasteiger partial charge is 0.279 e. The van der Waals surface area contributed by atoms with Crippen LogP contribution in [-0.4, -0.2) is 27.9 Å². The molecule has 0 spiro atoms. The molecular weight excluding hydrogens is 492 g/mol. The van der Waals surface area contributed by atoms with Crippen molar-refractivity contribution >= 4 is 44.9 Å². The summed E-state index contributed by atoms with van der Waals surface area (Å²) in [5.74, 6) is 1.67. The molecule has 1 amide bonds. The summed E-state index contributed by atoms with van der Waals surface area (Å²) < 4.78 is 11.9. The van der Waals surface area contributed by atoms with Crippen molar-refractivity contribution in [2.45, 2.75) is 29.9 Å². The molecule has 36 heavy (non-hydrogen) atoms. The molecule has 2 aromatic heterocycles. The van der Waals surface area contributed by atoms with Crippen LogP contribution in [0.3, 0.4) is 0 Å². The first-order valence-electron chi connectivity index (χ1n) is 11.6. The topological polar surface area (TPSA) is 90.1 Å². The molecule has 0 radical (unpaired) electrons. The molecule has 0 saturated heterocycles. The number of rotatable bonds is 10. The second-order valence-electron chi connectivity index (χ2n) is 8.06. The minimum Gasteiger partial charge on any atom is -0.494 e. The fourth-order valence-electron chi connectivity index (χ4n) is 3.61. The van der Waals surface area contributed by atoms with Gasteiger partial charge in [-0.15, -0.1) is 10.2 Å². The van der Waals surface area contributed by atoms with Crippen LogP contribution in [0.2, 0.25) is 0 Å². The Kier molecular flexibility index (Phi) is 7.58. The number of carbonyl (C=O) groups is 1. The first-order chi connectivity index (χ1) is 17.7. The van der Waals surface area contributed by atoms with E-state index in [0.717, 1.165) is 34.2 Å². The van der Waals surface area contributed by atoms with Crippen molar-refractivity contribution in [1.82, 2.24) is 15.4 Å². The fraction of sp³-hybridized carbons (Fsp3) is 0.185. The van der Waals surface area contributed by atoms with E-state index in [2.05, 4.69) is 57.9 Å². The average molecular weight is 517 g/mol. The summed E-state index contributed by atoms with van der Waals surface area (Å²) in [4.78, 5) is 12.7. The lowest BCUT2D eigenvalue weighted by Crippen LogP contribution is -2.11. The van der Waals surface area contributed by atoms with E-state index in [9.17, 15) is 4.79 Å². The van der Waals surface area contributed by atoms with Crippen LogP contribution in [0.1, 0.15) is 35.8 Å². The molecule has 0 aliphatic carbocycles. The molecule has 0 aliphatic rings. The molecular formula is C27H24N4O3S2. The second kappa shape index (κ2) is 11.4. The summed E-state index contributed by atoms with van der Waals surface area (Å²) in [6.07, 6.45) is 2.10. The van der Waals surface area contributed by atoms with Gasteiger partial charge in [-0.25, -0.2) is 0 Å². The molecule has 7 nitrogen and oxygen atoms in total. The molecule has 9 heteroatoms. The van der Waals surface area contributed by atoms with Crippen molar-refractivity contribution in [2.75, 3.05) is 11.9 Å². The summed E-state index contributed by atoms with van der Waals surface area (Å²) in [6.45, 7) is 2.82. The van der Waals surface area contributed by atoms with Crippen LogP contribution < -0.4 is 10.1 Å². The Morgan fingerprint density at radius 2 is 1.89 bits per heavy atom. The quantitative estimate of drug-likeness (QED) is 0.121. The summed E-state index contributed by atoms with van der Waals surface area (Å²) in [6, 6.07) is 23.7. The van der Waals surface area contributed by atoms with Gasteiger partial charge in [-0.2, -0.15) is 0 Å². The van der Waals surface area contributed by atoms with E-state index < -0.39 is 5.91 Å². The highest BCUT2D eigenvalue weighted by molar-refractivity contribution is 8.00. The van der Waals surface area contributed by atoms with Crippen LogP contribution >= 0.6 is 23.1 Å². The third-order valence-electron chi connectivity index (χ3n) is 5.51. The van der Waals surface area contributed by atoms with Gasteiger partial charge in [0.05, 0.1) is 6.61 Å². The van der Waals surface area contributed by atoms with Gasteiger partial charge >= 0.3 is 0 Å². The van der Waals surface area contributed by atoms with Crippen LogP contribution in [-0.2, 0) is 5.75 Å². The molecule has 0 fully saturated rings. The number of nitrogens with one attached hydrogen (secondary N) is 1. The highest BCUT2D eigenvalue weighted by atomic mass is 32.2. The number of ether oxygens (including phenoxy) is 1. The summed E-state index contributed by atoms with van der Waals surface area (Å²) in [5, 5.41) is 17.8. The number of aromatic nitrogens is 3. The van der Waals surface area contributed by atoms with Gasteiger partial charge in [0, 0.05) is 17.4 Å². The molecule has 5 rings (SSSR count). The number of amides is 1. The van der Waals surface area contributed by atoms with Crippen molar-refractivity contribution in [1.29, 1.82) is 0 Å². The minimum atomic E-state index is -0.397. The number of nitrogens with zero attached hydrogens (tertiary/aromatic N) is 3. The number of unbranched alkanes of at least 4 members (excludes halogenated alkanes) is 1. The molecule has 3 aromatic carbocycles.